The van der Waals surface area contributed by atoms with Gasteiger partial charge in [-0.15, -0.1) is 0 Å². The molecule has 3 aromatic rings. The number of nitrogens with zero attached hydrogens (tertiary/aromatic N) is 3. The molecule has 0 bridgehead atoms. The summed E-state index contributed by atoms with van der Waals surface area (Å²) in [5, 5.41) is 15.0. The normalized spacial score (nSPS) is 11.2. The van der Waals surface area contributed by atoms with Crippen molar-refractivity contribution < 1.29 is 18.3 Å². The second kappa shape index (κ2) is 9.12. The summed E-state index contributed by atoms with van der Waals surface area (Å²) in [6.45, 7) is 0.162. The standard InChI is InChI=1S/C20H20F3N5OS/c1-28(30-2)15-5-3-4-13(10-15)11-24-18-17(20(21,22)23)12-25-19(27-18)26-14-6-8-16(29)9-7-14/h3-10,12,29H,11H2,1-2H3,(H2,24,25,26,27). The summed E-state index contributed by atoms with van der Waals surface area (Å²) in [5.41, 5.74) is 1.34. The quantitative estimate of drug-likeness (QED) is 0.345. The molecule has 6 nitrogen and oxygen atoms in total. The van der Waals surface area contributed by atoms with Crippen LogP contribution in [0.4, 0.5) is 36.3 Å². The number of phenolic OH excluding ortho intramolecular Hbond substituents is 1. The van der Waals surface area contributed by atoms with E-state index in [0.29, 0.717) is 5.69 Å². The first-order valence-corrected chi connectivity index (χ1v) is 10.1. The fourth-order valence-corrected chi connectivity index (χ4v) is 2.94. The van der Waals surface area contributed by atoms with Crippen LogP contribution in [-0.2, 0) is 12.7 Å². The van der Waals surface area contributed by atoms with Gasteiger partial charge in [-0.2, -0.15) is 18.2 Å². The molecule has 0 aliphatic heterocycles. The maximum atomic E-state index is 13.4. The number of alkyl halides is 3. The van der Waals surface area contributed by atoms with Gasteiger partial charge in [0, 0.05) is 37.4 Å². The Morgan fingerprint density at radius 2 is 1.87 bits per heavy atom. The predicted molar refractivity (Wildman–Crippen MR) is 114 cm³/mol. The molecule has 2 aromatic carbocycles. The van der Waals surface area contributed by atoms with Crippen molar-refractivity contribution in [1.82, 2.24) is 9.97 Å². The van der Waals surface area contributed by atoms with Crippen LogP contribution in [-0.4, -0.2) is 28.4 Å². The van der Waals surface area contributed by atoms with Crippen molar-refractivity contribution in [2.75, 3.05) is 28.2 Å². The van der Waals surface area contributed by atoms with Gasteiger partial charge in [-0.05, 0) is 42.0 Å². The number of aromatic hydroxyl groups is 1. The Hall–Kier alpha value is -3.14. The molecule has 158 valence electrons. The van der Waals surface area contributed by atoms with Crippen molar-refractivity contribution in [3.63, 3.8) is 0 Å². The summed E-state index contributed by atoms with van der Waals surface area (Å²) in [7, 11) is 1.91. The molecular weight excluding hydrogens is 415 g/mol. The van der Waals surface area contributed by atoms with Crippen LogP contribution in [0.5, 0.6) is 5.75 Å². The second-order valence-corrected chi connectivity index (χ2v) is 7.24. The Bertz CT molecular complexity index is 998. The van der Waals surface area contributed by atoms with Crippen molar-refractivity contribution in [3.05, 3.63) is 65.9 Å². The molecule has 0 aliphatic carbocycles. The molecule has 0 aliphatic rings. The van der Waals surface area contributed by atoms with Gasteiger partial charge >= 0.3 is 6.18 Å². The van der Waals surface area contributed by atoms with Crippen LogP contribution in [0.2, 0.25) is 0 Å². The third-order valence-electron chi connectivity index (χ3n) is 4.23. The van der Waals surface area contributed by atoms with Crippen molar-refractivity contribution in [1.29, 1.82) is 0 Å². The highest BCUT2D eigenvalue weighted by Crippen LogP contribution is 2.34. The molecule has 0 saturated heterocycles. The maximum Gasteiger partial charge on any atom is 0.421 e. The molecule has 0 atom stereocenters. The lowest BCUT2D eigenvalue weighted by Gasteiger charge is -2.17. The van der Waals surface area contributed by atoms with Gasteiger partial charge in [0.15, 0.2) is 0 Å². The highest BCUT2D eigenvalue weighted by molar-refractivity contribution is 7.99. The SMILES string of the molecule is CSN(C)c1cccc(CNc2nc(Nc3ccc(O)cc3)ncc2C(F)(F)F)c1. The topological polar surface area (TPSA) is 73.3 Å². The van der Waals surface area contributed by atoms with Gasteiger partial charge in [0.1, 0.15) is 17.1 Å². The molecule has 3 N–H and O–H groups in total. The van der Waals surface area contributed by atoms with Gasteiger partial charge in [0.25, 0.3) is 0 Å². The molecule has 30 heavy (non-hydrogen) atoms. The molecule has 1 heterocycles. The summed E-state index contributed by atoms with van der Waals surface area (Å²) in [4.78, 5) is 7.79. The third-order valence-corrected chi connectivity index (χ3v) is 4.98. The first-order valence-electron chi connectivity index (χ1n) is 8.87. The fourth-order valence-electron chi connectivity index (χ4n) is 2.61. The molecule has 10 heteroatoms. The van der Waals surface area contributed by atoms with Crippen molar-refractivity contribution in [3.8, 4) is 5.75 Å². The van der Waals surface area contributed by atoms with Gasteiger partial charge in [-0.25, -0.2) is 4.98 Å². The number of halogens is 3. The van der Waals surface area contributed by atoms with Crippen LogP contribution in [0.3, 0.4) is 0 Å². The van der Waals surface area contributed by atoms with Crippen LogP contribution in [0.1, 0.15) is 11.1 Å². The van der Waals surface area contributed by atoms with E-state index in [9.17, 15) is 18.3 Å². The summed E-state index contributed by atoms with van der Waals surface area (Å²) in [5.74, 6) is -0.236. The lowest BCUT2D eigenvalue weighted by molar-refractivity contribution is -0.137. The van der Waals surface area contributed by atoms with Gasteiger partial charge < -0.3 is 20.0 Å². The first kappa shape index (κ1) is 21.6. The monoisotopic (exact) mass is 435 g/mol. The summed E-state index contributed by atoms with van der Waals surface area (Å²) < 4.78 is 42.2. The molecule has 0 amide bonds. The Kier molecular flexibility index (Phi) is 6.56. The zero-order chi connectivity index (χ0) is 21.7. The number of rotatable bonds is 7. The van der Waals surface area contributed by atoms with Crippen molar-refractivity contribution in [2.45, 2.75) is 12.7 Å². The van der Waals surface area contributed by atoms with E-state index >= 15 is 0 Å². The minimum atomic E-state index is -4.60. The number of anilines is 4. The van der Waals surface area contributed by atoms with Crippen LogP contribution in [0.25, 0.3) is 0 Å². The number of nitrogens with one attached hydrogen (secondary N) is 2. The highest BCUT2D eigenvalue weighted by atomic mass is 32.2. The van der Waals surface area contributed by atoms with Gasteiger partial charge in [-0.3, -0.25) is 0 Å². The summed E-state index contributed by atoms with van der Waals surface area (Å²) in [6.07, 6.45) is -1.92. The minimum Gasteiger partial charge on any atom is -0.508 e. The molecule has 0 spiro atoms. The molecule has 0 radical (unpaired) electrons. The predicted octanol–water partition coefficient (Wildman–Crippen LogP) is 5.27. The van der Waals surface area contributed by atoms with Crippen LogP contribution in [0, 0.1) is 0 Å². The molecule has 0 fully saturated rings. The Balaban J connectivity index is 1.83. The van der Waals surface area contributed by atoms with E-state index in [0.717, 1.165) is 17.4 Å². The van der Waals surface area contributed by atoms with E-state index in [1.54, 1.807) is 12.1 Å². The van der Waals surface area contributed by atoms with E-state index in [-0.39, 0.29) is 24.1 Å². The van der Waals surface area contributed by atoms with Gasteiger partial charge in [-0.1, -0.05) is 24.1 Å². The molecule has 0 unspecified atom stereocenters. The number of aromatic nitrogens is 2. The van der Waals surface area contributed by atoms with E-state index in [1.807, 2.05) is 41.9 Å². The average molecular weight is 435 g/mol. The second-order valence-electron chi connectivity index (χ2n) is 6.33. The zero-order valence-electron chi connectivity index (χ0n) is 16.2. The average Bonchev–Trinajstić information content (AvgIpc) is 2.73. The van der Waals surface area contributed by atoms with Crippen molar-refractivity contribution in [2.24, 2.45) is 0 Å². The Labute approximate surface area is 176 Å². The number of hydrogen-bond acceptors (Lipinski definition) is 7. The van der Waals surface area contributed by atoms with Crippen LogP contribution < -0.4 is 14.9 Å². The molecule has 0 saturated carbocycles. The van der Waals surface area contributed by atoms with Crippen LogP contribution in [0.15, 0.2) is 54.7 Å². The molecular formula is C20H20F3N5OS. The smallest absolute Gasteiger partial charge is 0.421 e. The van der Waals surface area contributed by atoms with Gasteiger partial charge in [0.2, 0.25) is 5.95 Å². The molecule has 3 rings (SSSR count). The van der Waals surface area contributed by atoms with Gasteiger partial charge in [0.05, 0.1) is 0 Å². The summed E-state index contributed by atoms with van der Waals surface area (Å²) in [6, 6.07) is 13.5. The lowest BCUT2D eigenvalue weighted by atomic mass is 10.2. The number of hydrogen-bond donors (Lipinski definition) is 3. The fraction of sp³-hybridized carbons (Fsp3) is 0.200. The Morgan fingerprint density at radius 1 is 1.13 bits per heavy atom. The van der Waals surface area contributed by atoms with E-state index in [2.05, 4.69) is 20.6 Å². The van der Waals surface area contributed by atoms with E-state index in [4.69, 9.17) is 0 Å². The molecule has 1 aromatic heterocycles. The lowest BCUT2D eigenvalue weighted by Crippen LogP contribution is -2.14. The Morgan fingerprint density at radius 3 is 2.53 bits per heavy atom. The van der Waals surface area contributed by atoms with Crippen molar-refractivity contribution >= 4 is 35.1 Å². The highest BCUT2D eigenvalue weighted by Gasteiger charge is 2.35. The minimum absolute atomic E-state index is 0.00653. The van der Waals surface area contributed by atoms with E-state index in [1.165, 1.54) is 24.1 Å². The summed E-state index contributed by atoms with van der Waals surface area (Å²) >= 11 is 1.53. The van der Waals surface area contributed by atoms with Crippen LogP contribution >= 0.6 is 11.9 Å². The maximum absolute atomic E-state index is 13.4. The first-order chi connectivity index (χ1) is 14.3. The third kappa shape index (κ3) is 5.47. The number of phenols is 1. The largest absolute Gasteiger partial charge is 0.508 e. The van der Waals surface area contributed by atoms with E-state index < -0.39 is 11.7 Å². The number of benzene rings is 2. The zero-order valence-corrected chi connectivity index (χ0v) is 17.1.